The summed E-state index contributed by atoms with van der Waals surface area (Å²) < 4.78 is 2.37. The summed E-state index contributed by atoms with van der Waals surface area (Å²) in [7, 11) is 0. The molecule has 0 radical (unpaired) electrons. The average molecular weight is 317 g/mol. The zero-order valence-corrected chi connectivity index (χ0v) is 14.5. The van der Waals surface area contributed by atoms with Crippen molar-refractivity contribution in [3.8, 4) is 0 Å². The van der Waals surface area contributed by atoms with Gasteiger partial charge in [0.05, 0.1) is 6.54 Å². The standard InChI is InChI=1S/C18H31N5/c1-14-2-4-15(5-3-14)13-22-9-6-16(7-10-22)18-21-20-17-12-19-8-11-23(17)18/h14-16,19H,2-13H2,1H3. The maximum absolute atomic E-state index is 4.52. The Balaban J connectivity index is 1.30. The van der Waals surface area contributed by atoms with Crippen LogP contribution >= 0.6 is 0 Å². The minimum Gasteiger partial charge on any atom is -0.312 e. The van der Waals surface area contributed by atoms with Crippen LogP contribution in [0.15, 0.2) is 0 Å². The smallest absolute Gasteiger partial charge is 0.147 e. The first-order valence-electron chi connectivity index (χ1n) is 9.64. The van der Waals surface area contributed by atoms with Gasteiger partial charge in [-0.2, -0.15) is 0 Å². The van der Waals surface area contributed by atoms with Crippen molar-refractivity contribution >= 4 is 0 Å². The topological polar surface area (TPSA) is 46.0 Å². The fourth-order valence-electron chi connectivity index (χ4n) is 4.67. The van der Waals surface area contributed by atoms with E-state index in [2.05, 4.69) is 31.9 Å². The van der Waals surface area contributed by atoms with E-state index in [1.165, 1.54) is 64.0 Å². The Kier molecular flexibility index (Phi) is 4.67. The molecule has 4 rings (SSSR count). The highest BCUT2D eigenvalue weighted by atomic mass is 15.3. The van der Waals surface area contributed by atoms with Crippen molar-refractivity contribution in [2.45, 2.75) is 64.5 Å². The summed E-state index contributed by atoms with van der Waals surface area (Å²) in [6.45, 7) is 9.22. The molecule has 0 spiro atoms. The zero-order valence-electron chi connectivity index (χ0n) is 14.5. The predicted octanol–water partition coefficient (Wildman–Crippen LogP) is 2.39. The summed E-state index contributed by atoms with van der Waals surface area (Å²) in [4.78, 5) is 2.71. The summed E-state index contributed by atoms with van der Waals surface area (Å²) in [6.07, 6.45) is 8.31. The fraction of sp³-hybridized carbons (Fsp3) is 0.889. The number of aromatic nitrogens is 3. The molecule has 0 aromatic carbocycles. The van der Waals surface area contributed by atoms with E-state index < -0.39 is 0 Å². The minimum absolute atomic E-state index is 0.622. The van der Waals surface area contributed by atoms with E-state index in [0.717, 1.165) is 37.3 Å². The number of nitrogens with one attached hydrogen (secondary N) is 1. The predicted molar refractivity (Wildman–Crippen MR) is 91.3 cm³/mol. The Morgan fingerprint density at radius 2 is 1.78 bits per heavy atom. The van der Waals surface area contributed by atoms with E-state index in [-0.39, 0.29) is 0 Å². The van der Waals surface area contributed by atoms with Gasteiger partial charge >= 0.3 is 0 Å². The highest BCUT2D eigenvalue weighted by molar-refractivity contribution is 5.05. The van der Waals surface area contributed by atoms with Crippen LogP contribution in [0.25, 0.3) is 0 Å². The molecule has 1 aromatic heterocycles. The van der Waals surface area contributed by atoms with Crippen LogP contribution in [-0.2, 0) is 13.1 Å². The lowest BCUT2D eigenvalue weighted by Crippen LogP contribution is -2.38. The summed E-state index contributed by atoms with van der Waals surface area (Å²) in [5, 5.41) is 12.3. The van der Waals surface area contributed by atoms with Gasteiger partial charge in [0.2, 0.25) is 0 Å². The molecule has 3 aliphatic rings. The lowest BCUT2D eigenvalue weighted by Gasteiger charge is -2.36. The van der Waals surface area contributed by atoms with Gasteiger partial charge in [-0.15, -0.1) is 10.2 Å². The van der Waals surface area contributed by atoms with Crippen molar-refractivity contribution in [1.29, 1.82) is 0 Å². The molecule has 1 saturated carbocycles. The average Bonchev–Trinajstić information content (AvgIpc) is 3.02. The van der Waals surface area contributed by atoms with Gasteiger partial charge in [0.15, 0.2) is 0 Å². The fourth-order valence-corrected chi connectivity index (χ4v) is 4.67. The minimum atomic E-state index is 0.622. The van der Waals surface area contributed by atoms with Crippen molar-refractivity contribution in [3.63, 3.8) is 0 Å². The molecule has 0 atom stereocenters. The molecule has 5 heteroatoms. The van der Waals surface area contributed by atoms with Crippen LogP contribution in [0.5, 0.6) is 0 Å². The van der Waals surface area contributed by atoms with Crippen LogP contribution in [0, 0.1) is 11.8 Å². The molecule has 1 aromatic rings. The molecule has 1 aliphatic carbocycles. The molecule has 0 amide bonds. The van der Waals surface area contributed by atoms with Crippen molar-refractivity contribution in [2.75, 3.05) is 26.2 Å². The molecule has 128 valence electrons. The third-order valence-electron chi connectivity index (χ3n) is 6.26. The summed E-state index contributed by atoms with van der Waals surface area (Å²) in [5.74, 6) is 4.93. The quantitative estimate of drug-likeness (QED) is 0.930. The molecule has 1 N–H and O–H groups in total. The van der Waals surface area contributed by atoms with E-state index in [0.29, 0.717) is 5.92 Å². The van der Waals surface area contributed by atoms with Gasteiger partial charge in [0.1, 0.15) is 11.6 Å². The summed E-state index contributed by atoms with van der Waals surface area (Å²) in [5.41, 5.74) is 0. The molecular formula is C18H31N5. The van der Waals surface area contributed by atoms with Gasteiger partial charge in [0.25, 0.3) is 0 Å². The van der Waals surface area contributed by atoms with Crippen LogP contribution in [0.3, 0.4) is 0 Å². The second kappa shape index (κ2) is 6.89. The van der Waals surface area contributed by atoms with Gasteiger partial charge in [-0.3, -0.25) is 0 Å². The number of fused-ring (bicyclic) bond motifs is 1. The van der Waals surface area contributed by atoms with Gasteiger partial charge in [0, 0.05) is 25.6 Å². The highest BCUT2D eigenvalue weighted by Gasteiger charge is 2.28. The van der Waals surface area contributed by atoms with Gasteiger partial charge < -0.3 is 14.8 Å². The Bertz CT molecular complexity index is 509. The Labute approximate surface area is 139 Å². The zero-order chi connectivity index (χ0) is 15.6. The molecular weight excluding hydrogens is 286 g/mol. The number of hydrogen-bond acceptors (Lipinski definition) is 4. The number of likely N-dealkylation sites (tertiary alicyclic amines) is 1. The van der Waals surface area contributed by atoms with E-state index >= 15 is 0 Å². The van der Waals surface area contributed by atoms with E-state index in [1.54, 1.807) is 0 Å². The molecule has 5 nitrogen and oxygen atoms in total. The van der Waals surface area contributed by atoms with Gasteiger partial charge in [-0.25, -0.2) is 0 Å². The van der Waals surface area contributed by atoms with Crippen molar-refractivity contribution < 1.29 is 0 Å². The molecule has 2 aliphatic heterocycles. The maximum atomic E-state index is 4.52. The van der Waals surface area contributed by atoms with Crippen LogP contribution in [0.2, 0.25) is 0 Å². The molecule has 1 saturated heterocycles. The molecule has 0 unspecified atom stereocenters. The third kappa shape index (κ3) is 3.45. The Hall–Kier alpha value is -0.940. The monoisotopic (exact) mass is 317 g/mol. The molecule has 3 heterocycles. The van der Waals surface area contributed by atoms with Crippen LogP contribution in [0.1, 0.15) is 63.0 Å². The highest BCUT2D eigenvalue weighted by Crippen LogP contribution is 2.32. The van der Waals surface area contributed by atoms with Crippen molar-refractivity contribution in [2.24, 2.45) is 11.8 Å². The molecule has 0 bridgehead atoms. The van der Waals surface area contributed by atoms with Crippen molar-refractivity contribution in [1.82, 2.24) is 25.0 Å². The lowest BCUT2D eigenvalue weighted by atomic mass is 9.82. The number of nitrogens with zero attached hydrogens (tertiary/aromatic N) is 4. The lowest BCUT2D eigenvalue weighted by molar-refractivity contribution is 0.151. The van der Waals surface area contributed by atoms with Crippen LogP contribution in [0.4, 0.5) is 0 Å². The Morgan fingerprint density at radius 1 is 1.00 bits per heavy atom. The summed E-state index contributed by atoms with van der Waals surface area (Å²) >= 11 is 0. The second-order valence-corrected chi connectivity index (χ2v) is 8.00. The molecule has 23 heavy (non-hydrogen) atoms. The Morgan fingerprint density at radius 3 is 2.57 bits per heavy atom. The second-order valence-electron chi connectivity index (χ2n) is 8.00. The SMILES string of the molecule is CC1CCC(CN2CCC(c3nnc4n3CCNC4)CC2)CC1. The van der Waals surface area contributed by atoms with E-state index in [1.807, 2.05) is 0 Å². The van der Waals surface area contributed by atoms with Gasteiger partial charge in [-0.1, -0.05) is 19.8 Å². The normalized spacial score (nSPS) is 30.3. The first-order valence-corrected chi connectivity index (χ1v) is 9.64. The third-order valence-corrected chi connectivity index (χ3v) is 6.26. The number of rotatable bonds is 3. The number of piperidine rings is 1. The van der Waals surface area contributed by atoms with Gasteiger partial charge in [-0.05, 0) is 50.6 Å². The van der Waals surface area contributed by atoms with E-state index in [4.69, 9.17) is 0 Å². The van der Waals surface area contributed by atoms with Crippen molar-refractivity contribution in [3.05, 3.63) is 11.6 Å². The van der Waals surface area contributed by atoms with E-state index in [9.17, 15) is 0 Å². The first kappa shape index (κ1) is 15.6. The van der Waals surface area contributed by atoms with Crippen LogP contribution in [-0.4, -0.2) is 45.8 Å². The summed E-state index contributed by atoms with van der Waals surface area (Å²) in [6, 6.07) is 0. The first-order chi connectivity index (χ1) is 11.3. The molecule has 2 fully saturated rings. The number of hydrogen-bond donors (Lipinski definition) is 1. The van der Waals surface area contributed by atoms with Crippen LogP contribution < -0.4 is 5.32 Å². The largest absolute Gasteiger partial charge is 0.312 e. The maximum Gasteiger partial charge on any atom is 0.147 e.